The van der Waals surface area contributed by atoms with Crippen LogP contribution in [0, 0.1) is 20.8 Å². The highest BCUT2D eigenvalue weighted by Gasteiger charge is 2.33. The quantitative estimate of drug-likeness (QED) is 0.321. The Labute approximate surface area is 184 Å². The number of hydrogen-bond acceptors (Lipinski definition) is 5. The van der Waals surface area contributed by atoms with E-state index in [0.717, 1.165) is 34.5 Å². The Balaban J connectivity index is 2.44. The fraction of sp³-hybridized carbons (Fsp3) is 0.522. The van der Waals surface area contributed by atoms with Crippen molar-refractivity contribution in [3.8, 4) is 0 Å². The van der Waals surface area contributed by atoms with Gasteiger partial charge in [-0.05, 0) is 81.4 Å². The zero-order valence-electron chi connectivity index (χ0n) is 18.8. The van der Waals surface area contributed by atoms with Crippen LogP contribution in [-0.4, -0.2) is 34.9 Å². The summed E-state index contributed by atoms with van der Waals surface area (Å²) in [6.45, 7) is 13.0. The molecule has 0 amide bonds. The molecule has 6 nitrogen and oxygen atoms in total. The lowest BCUT2D eigenvalue weighted by Gasteiger charge is -2.28. The zero-order chi connectivity index (χ0) is 22.4. The molecule has 0 spiro atoms. The number of Topliss-reactive ketones (excluding diaryl/α,β-unsaturated/α-hetero) is 1. The van der Waals surface area contributed by atoms with Crippen molar-refractivity contribution in [1.29, 1.82) is 0 Å². The fourth-order valence-electron chi connectivity index (χ4n) is 4.20. The van der Waals surface area contributed by atoms with Gasteiger partial charge in [-0.25, -0.2) is 0 Å². The van der Waals surface area contributed by atoms with Gasteiger partial charge in [0.25, 0.3) is 0 Å². The number of benzene rings is 1. The Morgan fingerprint density at radius 2 is 1.93 bits per heavy atom. The molecule has 0 radical (unpaired) electrons. The molecule has 30 heavy (non-hydrogen) atoms. The van der Waals surface area contributed by atoms with Crippen molar-refractivity contribution in [2.45, 2.75) is 66.7 Å². The van der Waals surface area contributed by atoms with Crippen LogP contribution in [0.4, 0.5) is 5.69 Å². The summed E-state index contributed by atoms with van der Waals surface area (Å²) in [6.07, 6.45) is 1.24. The maximum atomic E-state index is 13.0. The molecule has 0 saturated carbocycles. The monoisotopic (exact) mass is 431 g/mol. The summed E-state index contributed by atoms with van der Waals surface area (Å²) in [5.74, 6) is -0.102. The van der Waals surface area contributed by atoms with E-state index in [9.17, 15) is 9.90 Å². The molecule has 7 heteroatoms. The van der Waals surface area contributed by atoms with E-state index in [4.69, 9.17) is 17.1 Å². The van der Waals surface area contributed by atoms with Gasteiger partial charge in [-0.2, -0.15) is 0 Å². The predicted octanol–water partition coefficient (Wildman–Crippen LogP) is 4.98. The third-order valence-corrected chi connectivity index (χ3v) is 5.63. The van der Waals surface area contributed by atoms with Crippen LogP contribution < -0.4 is 10.6 Å². The molecule has 1 atom stereocenters. The lowest BCUT2D eigenvalue weighted by molar-refractivity contribution is -0.116. The van der Waals surface area contributed by atoms with Crippen LogP contribution in [0.3, 0.4) is 0 Å². The summed E-state index contributed by atoms with van der Waals surface area (Å²) in [4.78, 5) is 18.1. The summed E-state index contributed by atoms with van der Waals surface area (Å²) < 4.78 is 0. The third kappa shape index (κ3) is 5.19. The topological polar surface area (TPSA) is 83.0 Å². The van der Waals surface area contributed by atoms with Gasteiger partial charge in [0.2, 0.25) is 0 Å². The van der Waals surface area contributed by atoms with Gasteiger partial charge in [-0.1, -0.05) is 18.1 Å². The van der Waals surface area contributed by atoms with E-state index in [0.29, 0.717) is 42.3 Å². The molecule has 0 aliphatic heterocycles. The van der Waals surface area contributed by atoms with Crippen molar-refractivity contribution in [3.63, 3.8) is 0 Å². The minimum absolute atomic E-state index is 0.0913. The lowest BCUT2D eigenvalue weighted by atomic mass is 9.77. The van der Waals surface area contributed by atoms with E-state index in [-0.39, 0.29) is 17.5 Å². The molecular formula is C23H33N3O3S. The van der Waals surface area contributed by atoms with Crippen molar-refractivity contribution < 1.29 is 14.7 Å². The summed E-state index contributed by atoms with van der Waals surface area (Å²) in [5, 5.41) is 21.8. The second kappa shape index (κ2) is 10.6. The first-order valence-electron chi connectivity index (χ1n) is 10.5. The van der Waals surface area contributed by atoms with Crippen LogP contribution in [0.25, 0.3) is 0 Å². The first-order chi connectivity index (χ1) is 14.2. The highest BCUT2D eigenvalue weighted by atomic mass is 32.1. The van der Waals surface area contributed by atoms with Gasteiger partial charge in [-0.3, -0.25) is 4.79 Å². The SMILES string of the molecule is CCNC(=S)Nc1c(C)cc(C)c(C2CC(=O)C(C(CC)=NOCC)=C(O)C2)c1C. The largest absolute Gasteiger partial charge is 0.511 e. The number of nitrogens with one attached hydrogen (secondary N) is 2. The molecule has 1 aliphatic carbocycles. The van der Waals surface area contributed by atoms with Gasteiger partial charge < -0.3 is 20.6 Å². The number of nitrogens with zero attached hydrogens (tertiary/aromatic N) is 1. The minimum Gasteiger partial charge on any atom is -0.511 e. The summed E-state index contributed by atoms with van der Waals surface area (Å²) in [5.41, 5.74) is 6.12. The Morgan fingerprint density at radius 1 is 1.23 bits per heavy atom. The number of aliphatic hydroxyl groups excluding tert-OH is 1. The molecule has 3 N–H and O–H groups in total. The molecule has 0 aromatic heterocycles. The van der Waals surface area contributed by atoms with Crippen molar-refractivity contribution >= 4 is 34.5 Å². The lowest BCUT2D eigenvalue weighted by Crippen LogP contribution is -2.29. The first-order valence-corrected chi connectivity index (χ1v) is 11.0. The van der Waals surface area contributed by atoms with Gasteiger partial charge in [-0.15, -0.1) is 0 Å². The Bertz CT molecular complexity index is 890. The number of rotatable bonds is 7. The molecule has 1 aromatic rings. The Kier molecular flexibility index (Phi) is 8.41. The molecule has 0 fully saturated rings. The van der Waals surface area contributed by atoms with Gasteiger partial charge >= 0.3 is 0 Å². The Morgan fingerprint density at radius 3 is 2.50 bits per heavy atom. The molecular weight excluding hydrogens is 398 g/mol. The van der Waals surface area contributed by atoms with Crippen molar-refractivity contribution in [2.75, 3.05) is 18.5 Å². The van der Waals surface area contributed by atoms with Gasteiger partial charge in [0.05, 0.1) is 11.3 Å². The third-order valence-electron chi connectivity index (χ3n) is 5.38. The fourth-order valence-corrected chi connectivity index (χ4v) is 4.44. The Hall–Kier alpha value is -2.41. The number of carbonyl (C=O) groups is 1. The van der Waals surface area contributed by atoms with Crippen LogP contribution in [0.1, 0.15) is 68.2 Å². The molecule has 0 bridgehead atoms. The van der Waals surface area contributed by atoms with E-state index < -0.39 is 0 Å². The highest BCUT2D eigenvalue weighted by molar-refractivity contribution is 7.80. The average molecular weight is 432 g/mol. The van der Waals surface area contributed by atoms with Gasteiger partial charge in [0, 0.05) is 25.1 Å². The highest BCUT2D eigenvalue weighted by Crippen LogP contribution is 2.40. The van der Waals surface area contributed by atoms with E-state index >= 15 is 0 Å². The normalized spacial score (nSPS) is 17.2. The molecule has 1 aliphatic rings. The second-order valence-corrected chi connectivity index (χ2v) is 7.98. The standard InChI is InChI=1S/C23H33N3O3S/c1-7-17(26-29-9-3)21-18(27)11-16(12-19(21)28)20-13(4)10-14(5)22(15(20)6)25-23(30)24-8-2/h10,16,27H,7-9,11-12H2,1-6H3,(H2,24,25,30). The second-order valence-electron chi connectivity index (χ2n) is 7.57. The number of thiocarbonyl (C=S) groups is 1. The number of carbonyl (C=O) groups excluding carboxylic acids is 1. The zero-order valence-corrected chi connectivity index (χ0v) is 19.6. The van der Waals surface area contributed by atoms with Crippen LogP contribution in [-0.2, 0) is 9.63 Å². The minimum atomic E-state index is -0.0969. The van der Waals surface area contributed by atoms with E-state index in [1.807, 2.05) is 34.6 Å². The number of oxime groups is 1. The number of allylic oxidation sites excluding steroid dienone is 2. The average Bonchev–Trinajstić information content (AvgIpc) is 2.67. The van der Waals surface area contributed by atoms with Crippen molar-refractivity contribution in [1.82, 2.24) is 5.32 Å². The van der Waals surface area contributed by atoms with Crippen LogP contribution >= 0.6 is 12.2 Å². The van der Waals surface area contributed by atoms with Crippen LogP contribution in [0.5, 0.6) is 0 Å². The van der Waals surface area contributed by atoms with Gasteiger partial charge in [0.1, 0.15) is 12.4 Å². The van der Waals surface area contributed by atoms with Gasteiger partial charge in [0.15, 0.2) is 10.9 Å². The predicted molar refractivity (Wildman–Crippen MR) is 127 cm³/mol. The van der Waals surface area contributed by atoms with E-state index in [2.05, 4.69) is 28.8 Å². The maximum absolute atomic E-state index is 13.0. The first kappa shape index (κ1) is 23.9. The summed E-state index contributed by atoms with van der Waals surface area (Å²) in [7, 11) is 0. The molecule has 1 unspecified atom stereocenters. The molecule has 164 valence electrons. The molecule has 0 heterocycles. The number of ketones is 1. The van der Waals surface area contributed by atoms with E-state index in [1.165, 1.54) is 0 Å². The van der Waals surface area contributed by atoms with E-state index in [1.54, 1.807) is 0 Å². The number of aliphatic hydroxyl groups is 1. The van der Waals surface area contributed by atoms with Crippen molar-refractivity contribution in [2.24, 2.45) is 5.16 Å². The summed E-state index contributed by atoms with van der Waals surface area (Å²) in [6, 6.07) is 2.11. The summed E-state index contributed by atoms with van der Waals surface area (Å²) >= 11 is 5.37. The van der Waals surface area contributed by atoms with Crippen LogP contribution in [0.2, 0.25) is 0 Å². The number of hydrogen-bond donors (Lipinski definition) is 3. The number of aryl methyl sites for hydroxylation is 2. The van der Waals surface area contributed by atoms with Crippen LogP contribution in [0.15, 0.2) is 22.6 Å². The molecule has 0 saturated heterocycles. The molecule has 2 rings (SSSR count). The maximum Gasteiger partial charge on any atom is 0.170 e. The molecule has 1 aromatic carbocycles. The smallest absolute Gasteiger partial charge is 0.170 e. The van der Waals surface area contributed by atoms with Crippen molar-refractivity contribution in [3.05, 3.63) is 39.7 Å². The number of anilines is 1.